The molecule has 0 aromatic heterocycles. The minimum absolute atomic E-state index is 0.159. The smallest absolute Gasteiger partial charge is 0.123 e. The predicted octanol–water partition coefficient (Wildman–Crippen LogP) is 1.29. The highest BCUT2D eigenvalue weighted by molar-refractivity contribution is 5.32. The van der Waals surface area contributed by atoms with Crippen LogP contribution in [0.5, 0.6) is 5.75 Å². The van der Waals surface area contributed by atoms with Gasteiger partial charge in [0, 0.05) is 0 Å². The Morgan fingerprint density at radius 2 is 2.25 bits per heavy atom. The Hall–Kier alpha value is -1.09. The summed E-state index contributed by atoms with van der Waals surface area (Å²) in [4.78, 5) is 0. The molecule has 0 amide bonds. The zero-order valence-electron chi connectivity index (χ0n) is 6.97. The molecule has 0 saturated carbocycles. The normalized spacial score (nSPS) is 10.2. The molecule has 12 heavy (non-hydrogen) atoms. The molecule has 0 bridgehead atoms. The van der Waals surface area contributed by atoms with E-state index in [0.717, 1.165) is 6.54 Å². The van der Waals surface area contributed by atoms with E-state index in [0.29, 0.717) is 12.0 Å². The Balaban J connectivity index is 2.75. The van der Waals surface area contributed by atoms with E-state index in [1.54, 1.807) is 0 Å². The van der Waals surface area contributed by atoms with Crippen molar-refractivity contribution >= 4 is 0 Å². The van der Waals surface area contributed by atoms with Gasteiger partial charge in [0.25, 0.3) is 0 Å². The van der Waals surface area contributed by atoms with Crippen molar-refractivity contribution in [3.63, 3.8) is 0 Å². The molecule has 2 nitrogen and oxygen atoms in total. The monoisotopic (exact) mass is 169 g/mol. The summed E-state index contributed by atoms with van der Waals surface area (Å²) in [6.45, 7) is 0.733. The fourth-order valence-corrected chi connectivity index (χ4v) is 1.01. The highest BCUT2D eigenvalue weighted by Gasteiger charge is 2.01. The maximum Gasteiger partial charge on any atom is 0.123 e. The lowest BCUT2D eigenvalue weighted by Gasteiger charge is -2.03. The van der Waals surface area contributed by atoms with Gasteiger partial charge in [-0.3, -0.25) is 0 Å². The molecule has 0 fully saturated rings. The van der Waals surface area contributed by atoms with E-state index in [2.05, 4.69) is 5.32 Å². The number of hydrogen-bond acceptors (Lipinski definition) is 2. The first-order chi connectivity index (χ1) is 5.74. The number of benzene rings is 1. The van der Waals surface area contributed by atoms with Crippen molar-refractivity contribution in [3.05, 3.63) is 29.6 Å². The number of rotatable bonds is 3. The van der Waals surface area contributed by atoms with E-state index in [1.165, 1.54) is 18.2 Å². The lowest BCUT2D eigenvalue weighted by molar-refractivity contribution is 0.464. The number of nitrogens with one attached hydrogen (secondary N) is 1. The van der Waals surface area contributed by atoms with Crippen LogP contribution in [-0.2, 0) is 6.42 Å². The van der Waals surface area contributed by atoms with E-state index < -0.39 is 0 Å². The van der Waals surface area contributed by atoms with Gasteiger partial charge in [-0.2, -0.15) is 0 Å². The van der Waals surface area contributed by atoms with Crippen LogP contribution >= 0.6 is 0 Å². The molecule has 1 rings (SSSR count). The lowest BCUT2D eigenvalue weighted by Crippen LogP contribution is -2.10. The first kappa shape index (κ1) is 9.00. The van der Waals surface area contributed by atoms with Gasteiger partial charge < -0.3 is 10.4 Å². The highest BCUT2D eigenvalue weighted by Crippen LogP contribution is 2.17. The quantitative estimate of drug-likeness (QED) is 0.714. The lowest BCUT2D eigenvalue weighted by atomic mass is 10.1. The summed E-state index contributed by atoms with van der Waals surface area (Å²) in [5, 5.41) is 12.2. The molecule has 0 atom stereocenters. The Bertz CT molecular complexity index is 263. The third-order valence-corrected chi connectivity index (χ3v) is 1.69. The van der Waals surface area contributed by atoms with Crippen LogP contribution in [0.3, 0.4) is 0 Å². The molecule has 3 heteroatoms. The first-order valence-electron chi connectivity index (χ1n) is 3.86. The molecule has 0 unspecified atom stereocenters. The molecule has 1 aromatic carbocycles. The van der Waals surface area contributed by atoms with Crippen molar-refractivity contribution in [1.29, 1.82) is 0 Å². The Labute approximate surface area is 71.0 Å². The van der Waals surface area contributed by atoms with Crippen molar-refractivity contribution in [3.8, 4) is 5.75 Å². The molecule has 0 aliphatic rings. The van der Waals surface area contributed by atoms with E-state index in [4.69, 9.17) is 0 Å². The van der Waals surface area contributed by atoms with Gasteiger partial charge in [0.2, 0.25) is 0 Å². The van der Waals surface area contributed by atoms with Gasteiger partial charge in [0.15, 0.2) is 0 Å². The second-order valence-corrected chi connectivity index (χ2v) is 2.63. The number of likely N-dealkylation sites (N-methyl/N-ethyl adjacent to an activating group) is 1. The van der Waals surface area contributed by atoms with Gasteiger partial charge in [-0.25, -0.2) is 4.39 Å². The number of halogens is 1. The summed E-state index contributed by atoms with van der Waals surface area (Å²) in [5.74, 6) is -0.148. The third kappa shape index (κ3) is 2.20. The van der Waals surface area contributed by atoms with E-state index in [-0.39, 0.29) is 11.6 Å². The van der Waals surface area contributed by atoms with Crippen molar-refractivity contribution in [1.82, 2.24) is 5.32 Å². The van der Waals surface area contributed by atoms with Gasteiger partial charge in [0.05, 0.1) is 0 Å². The Morgan fingerprint density at radius 1 is 1.50 bits per heavy atom. The summed E-state index contributed by atoms with van der Waals surface area (Å²) in [6, 6.07) is 3.98. The number of phenolic OH excluding ortho intramolecular Hbond substituents is 1. The molecule has 0 heterocycles. The molecule has 2 N–H and O–H groups in total. The molecule has 0 spiro atoms. The topological polar surface area (TPSA) is 32.3 Å². The Kier molecular flexibility index (Phi) is 3.05. The minimum Gasteiger partial charge on any atom is -0.508 e. The van der Waals surface area contributed by atoms with Gasteiger partial charge in [-0.15, -0.1) is 0 Å². The van der Waals surface area contributed by atoms with Gasteiger partial charge in [0.1, 0.15) is 11.6 Å². The maximum atomic E-state index is 12.6. The van der Waals surface area contributed by atoms with E-state index in [1.807, 2.05) is 7.05 Å². The molecule has 0 aliphatic carbocycles. The van der Waals surface area contributed by atoms with Crippen LogP contribution < -0.4 is 5.32 Å². The molecule has 0 saturated heterocycles. The summed E-state index contributed by atoms with van der Waals surface area (Å²) in [7, 11) is 1.82. The molecule has 1 aromatic rings. The molecule has 0 aliphatic heterocycles. The minimum atomic E-state index is -0.307. The number of aromatic hydroxyl groups is 1. The zero-order chi connectivity index (χ0) is 8.97. The highest BCUT2D eigenvalue weighted by atomic mass is 19.1. The van der Waals surface area contributed by atoms with E-state index in [9.17, 15) is 9.50 Å². The zero-order valence-corrected chi connectivity index (χ0v) is 6.97. The number of hydrogen-bond donors (Lipinski definition) is 2. The molecular formula is C9H12FNO. The van der Waals surface area contributed by atoms with Crippen molar-refractivity contribution < 1.29 is 9.50 Å². The van der Waals surface area contributed by atoms with Crippen molar-refractivity contribution in [2.75, 3.05) is 13.6 Å². The van der Waals surface area contributed by atoms with Crippen LogP contribution in [0.1, 0.15) is 5.56 Å². The molecular weight excluding hydrogens is 157 g/mol. The van der Waals surface area contributed by atoms with Crippen LogP contribution in [0.25, 0.3) is 0 Å². The van der Waals surface area contributed by atoms with Crippen LogP contribution in [0.4, 0.5) is 4.39 Å². The van der Waals surface area contributed by atoms with E-state index >= 15 is 0 Å². The summed E-state index contributed by atoms with van der Waals surface area (Å²) < 4.78 is 12.6. The van der Waals surface area contributed by atoms with Gasteiger partial charge in [-0.05, 0) is 43.8 Å². The fraction of sp³-hybridized carbons (Fsp3) is 0.333. The standard InChI is InChI=1S/C9H12FNO/c1-11-5-4-7-6-8(10)2-3-9(7)12/h2-3,6,11-12H,4-5H2,1H3. The second-order valence-electron chi connectivity index (χ2n) is 2.63. The fourth-order valence-electron chi connectivity index (χ4n) is 1.01. The largest absolute Gasteiger partial charge is 0.508 e. The second kappa shape index (κ2) is 4.07. The van der Waals surface area contributed by atoms with Crippen molar-refractivity contribution in [2.24, 2.45) is 0 Å². The molecule has 0 radical (unpaired) electrons. The van der Waals surface area contributed by atoms with Crippen molar-refractivity contribution in [2.45, 2.75) is 6.42 Å². The number of phenols is 1. The summed E-state index contributed by atoms with van der Waals surface area (Å²) in [6.07, 6.45) is 0.639. The van der Waals surface area contributed by atoms with Gasteiger partial charge in [-0.1, -0.05) is 0 Å². The SMILES string of the molecule is CNCCc1cc(F)ccc1O. The third-order valence-electron chi connectivity index (χ3n) is 1.69. The van der Waals surface area contributed by atoms with Gasteiger partial charge >= 0.3 is 0 Å². The summed E-state index contributed by atoms with van der Waals surface area (Å²) >= 11 is 0. The molecule has 66 valence electrons. The average Bonchev–Trinajstić information content (AvgIpc) is 2.07. The Morgan fingerprint density at radius 3 is 2.92 bits per heavy atom. The summed E-state index contributed by atoms with van der Waals surface area (Å²) in [5.41, 5.74) is 0.643. The van der Waals surface area contributed by atoms with Crippen LogP contribution in [0, 0.1) is 5.82 Å². The predicted molar refractivity (Wildman–Crippen MR) is 45.7 cm³/mol. The average molecular weight is 169 g/mol. The maximum absolute atomic E-state index is 12.6. The first-order valence-corrected chi connectivity index (χ1v) is 3.86. The van der Waals surface area contributed by atoms with Crippen LogP contribution in [0.15, 0.2) is 18.2 Å². The van der Waals surface area contributed by atoms with Crippen LogP contribution in [0.2, 0.25) is 0 Å². The van der Waals surface area contributed by atoms with Crippen LogP contribution in [-0.4, -0.2) is 18.7 Å².